The van der Waals surface area contributed by atoms with E-state index in [1.807, 2.05) is 0 Å². The summed E-state index contributed by atoms with van der Waals surface area (Å²) in [5.74, 6) is -1.11. The van der Waals surface area contributed by atoms with Gasteiger partial charge in [-0.15, -0.1) is 0 Å². The van der Waals surface area contributed by atoms with E-state index in [-0.39, 0.29) is 17.8 Å². The maximum atomic E-state index is 10.6. The van der Waals surface area contributed by atoms with Gasteiger partial charge in [0.25, 0.3) is 6.47 Å². The Bertz CT molecular complexity index is 348. The summed E-state index contributed by atoms with van der Waals surface area (Å²) in [6, 6.07) is 4.36. The van der Waals surface area contributed by atoms with Crippen molar-refractivity contribution in [2.45, 2.75) is 0 Å². The van der Waals surface area contributed by atoms with E-state index in [0.29, 0.717) is 4.47 Å². The third kappa shape index (κ3) is 2.29. The van der Waals surface area contributed by atoms with Gasteiger partial charge in [-0.2, -0.15) is 0 Å². The number of hydrogen-bond donors (Lipinski definition) is 1. The van der Waals surface area contributed by atoms with Crippen LogP contribution in [0.4, 0.5) is 0 Å². The fourth-order valence-electron chi connectivity index (χ4n) is 0.824. The maximum Gasteiger partial charge on any atom is 0.339 e. The molecule has 1 aromatic carbocycles. The highest BCUT2D eigenvalue weighted by molar-refractivity contribution is 9.10. The number of hydrogen-bond acceptors (Lipinski definition) is 3. The van der Waals surface area contributed by atoms with Gasteiger partial charge in [0.1, 0.15) is 11.3 Å². The van der Waals surface area contributed by atoms with Crippen LogP contribution in [0, 0.1) is 0 Å². The number of carboxylic acid groups (broad SMARTS) is 1. The summed E-state index contributed by atoms with van der Waals surface area (Å²) < 4.78 is 5.09. The number of benzene rings is 1. The molecular formula is C8H5BrO4. The summed E-state index contributed by atoms with van der Waals surface area (Å²) >= 11 is 3.11. The van der Waals surface area contributed by atoms with Gasteiger partial charge in [0.2, 0.25) is 0 Å². The van der Waals surface area contributed by atoms with Gasteiger partial charge in [-0.1, -0.05) is 15.9 Å². The Morgan fingerprint density at radius 3 is 2.77 bits per heavy atom. The number of halogens is 1. The van der Waals surface area contributed by atoms with Gasteiger partial charge in [0, 0.05) is 4.47 Å². The lowest BCUT2D eigenvalue weighted by Gasteiger charge is -2.02. The van der Waals surface area contributed by atoms with Crippen LogP contribution >= 0.6 is 15.9 Å². The number of rotatable bonds is 3. The lowest BCUT2D eigenvalue weighted by Crippen LogP contribution is -2.01. The first-order valence-corrected chi connectivity index (χ1v) is 4.07. The standard InChI is InChI=1S/C8H5BrO4/c9-5-1-2-7(13-4-10)6(3-5)8(11)12/h1-4H,(H,11,12). The average molecular weight is 245 g/mol. The van der Waals surface area contributed by atoms with Crippen LogP contribution in [0.25, 0.3) is 0 Å². The molecule has 0 aliphatic rings. The van der Waals surface area contributed by atoms with Crippen LogP contribution in [0.3, 0.4) is 0 Å². The van der Waals surface area contributed by atoms with E-state index in [2.05, 4.69) is 20.7 Å². The highest BCUT2D eigenvalue weighted by Crippen LogP contribution is 2.22. The second-order valence-corrected chi connectivity index (χ2v) is 3.08. The van der Waals surface area contributed by atoms with Crippen molar-refractivity contribution in [1.29, 1.82) is 0 Å². The van der Waals surface area contributed by atoms with Crippen molar-refractivity contribution in [3.63, 3.8) is 0 Å². The van der Waals surface area contributed by atoms with Crippen molar-refractivity contribution in [2.75, 3.05) is 0 Å². The van der Waals surface area contributed by atoms with E-state index in [4.69, 9.17) is 5.11 Å². The van der Waals surface area contributed by atoms with Gasteiger partial charge in [0.15, 0.2) is 0 Å². The summed E-state index contributed by atoms with van der Waals surface area (Å²) in [7, 11) is 0. The van der Waals surface area contributed by atoms with E-state index >= 15 is 0 Å². The van der Waals surface area contributed by atoms with Crippen molar-refractivity contribution in [1.82, 2.24) is 0 Å². The Morgan fingerprint density at radius 2 is 2.23 bits per heavy atom. The molecule has 0 atom stereocenters. The fraction of sp³-hybridized carbons (Fsp3) is 0. The Morgan fingerprint density at radius 1 is 1.54 bits per heavy atom. The summed E-state index contributed by atoms with van der Waals surface area (Å²) in [4.78, 5) is 20.6. The van der Waals surface area contributed by atoms with Crippen molar-refractivity contribution >= 4 is 28.4 Å². The molecule has 0 radical (unpaired) electrons. The Labute approximate surface area is 82.3 Å². The molecular weight excluding hydrogens is 240 g/mol. The van der Waals surface area contributed by atoms with E-state index in [9.17, 15) is 9.59 Å². The summed E-state index contributed by atoms with van der Waals surface area (Å²) in [5.41, 5.74) is -0.0542. The smallest absolute Gasteiger partial charge is 0.339 e. The van der Waals surface area contributed by atoms with Gasteiger partial charge in [-0.3, -0.25) is 4.79 Å². The van der Waals surface area contributed by atoms with Gasteiger partial charge in [-0.05, 0) is 18.2 Å². The first-order chi connectivity index (χ1) is 6.15. The molecule has 0 amide bonds. The summed E-state index contributed by atoms with van der Waals surface area (Å²) in [6.45, 7) is 0.190. The molecule has 68 valence electrons. The molecule has 0 saturated heterocycles. The summed E-state index contributed by atoms with van der Waals surface area (Å²) in [5, 5.41) is 8.70. The molecule has 1 N–H and O–H groups in total. The normalized spacial score (nSPS) is 9.31. The van der Waals surface area contributed by atoms with Gasteiger partial charge >= 0.3 is 5.97 Å². The van der Waals surface area contributed by atoms with Crippen LogP contribution in [0.15, 0.2) is 22.7 Å². The SMILES string of the molecule is O=COc1ccc(Br)cc1C(=O)O. The second kappa shape index (κ2) is 4.04. The average Bonchev–Trinajstić information content (AvgIpc) is 2.08. The molecule has 5 heteroatoms. The zero-order valence-electron chi connectivity index (χ0n) is 6.36. The highest BCUT2D eigenvalue weighted by Gasteiger charge is 2.11. The largest absolute Gasteiger partial charge is 0.478 e. The van der Waals surface area contributed by atoms with Crippen molar-refractivity contribution in [3.8, 4) is 5.75 Å². The Balaban J connectivity index is 3.17. The minimum Gasteiger partial charge on any atom is -0.478 e. The van der Waals surface area contributed by atoms with Crippen LogP contribution in [0.5, 0.6) is 5.75 Å². The first kappa shape index (κ1) is 9.73. The van der Waals surface area contributed by atoms with Crippen LogP contribution in [-0.4, -0.2) is 17.5 Å². The number of aromatic carboxylic acids is 1. The maximum absolute atomic E-state index is 10.6. The molecule has 0 unspecified atom stereocenters. The van der Waals surface area contributed by atoms with E-state index < -0.39 is 5.97 Å². The molecule has 0 spiro atoms. The van der Waals surface area contributed by atoms with Crippen molar-refractivity contribution in [2.24, 2.45) is 0 Å². The van der Waals surface area contributed by atoms with E-state index in [1.54, 1.807) is 6.07 Å². The lowest BCUT2D eigenvalue weighted by atomic mass is 10.2. The molecule has 0 aromatic heterocycles. The third-order valence-electron chi connectivity index (χ3n) is 1.35. The minimum absolute atomic E-state index is 0.0331. The number of carbonyl (C=O) groups excluding carboxylic acids is 1. The number of ether oxygens (including phenoxy) is 1. The third-order valence-corrected chi connectivity index (χ3v) is 1.84. The lowest BCUT2D eigenvalue weighted by molar-refractivity contribution is -0.120. The number of carboxylic acids is 1. The predicted octanol–water partition coefficient (Wildman–Crippen LogP) is 1.68. The molecule has 0 saturated carbocycles. The molecule has 1 aromatic rings. The summed E-state index contributed by atoms with van der Waals surface area (Å²) in [6.07, 6.45) is 0. The monoisotopic (exact) mass is 244 g/mol. The molecule has 4 nitrogen and oxygen atoms in total. The molecule has 0 fully saturated rings. The fourth-order valence-corrected chi connectivity index (χ4v) is 1.19. The topological polar surface area (TPSA) is 63.6 Å². The van der Waals surface area contributed by atoms with Gasteiger partial charge < -0.3 is 9.84 Å². The number of carbonyl (C=O) groups is 2. The highest BCUT2D eigenvalue weighted by atomic mass is 79.9. The quantitative estimate of drug-likeness (QED) is 0.823. The van der Waals surface area contributed by atoms with Crippen molar-refractivity contribution in [3.05, 3.63) is 28.2 Å². The Kier molecular flexibility index (Phi) is 3.02. The zero-order chi connectivity index (χ0) is 9.84. The molecule has 13 heavy (non-hydrogen) atoms. The minimum atomic E-state index is -1.14. The van der Waals surface area contributed by atoms with Crippen LogP contribution in [-0.2, 0) is 4.79 Å². The van der Waals surface area contributed by atoms with Gasteiger partial charge in [-0.25, -0.2) is 4.79 Å². The first-order valence-electron chi connectivity index (χ1n) is 3.28. The predicted molar refractivity (Wildman–Crippen MR) is 47.8 cm³/mol. The van der Waals surface area contributed by atoms with Crippen LogP contribution in [0.2, 0.25) is 0 Å². The molecule has 1 rings (SSSR count). The van der Waals surface area contributed by atoms with Crippen LogP contribution in [0.1, 0.15) is 10.4 Å². The molecule has 0 heterocycles. The van der Waals surface area contributed by atoms with Crippen molar-refractivity contribution < 1.29 is 19.4 Å². The van der Waals surface area contributed by atoms with Crippen LogP contribution < -0.4 is 4.74 Å². The van der Waals surface area contributed by atoms with E-state index in [0.717, 1.165) is 0 Å². The van der Waals surface area contributed by atoms with Gasteiger partial charge in [0.05, 0.1) is 0 Å². The second-order valence-electron chi connectivity index (χ2n) is 2.16. The Hall–Kier alpha value is -1.36. The molecule has 0 bridgehead atoms. The molecule has 0 aliphatic heterocycles. The zero-order valence-corrected chi connectivity index (χ0v) is 7.95. The molecule has 0 aliphatic carbocycles. The van der Waals surface area contributed by atoms with E-state index in [1.165, 1.54) is 12.1 Å².